The van der Waals surface area contributed by atoms with Gasteiger partial charge in [0.05, 0.1) is 16.8 Å². The molecule has 0 aliphatic carbocycles. The molecule has 18 heavy (non-hydrogen) atoms. The number of nitrogens with zero attached hydrogens (tertiary/aromatic N) is 1. The number of aromatic nitrogens is 1. The molecule has 1 aliphatic heterocycles. The van der Waals surface area contributed by atoms with E-state index in [0.717, 1.165) is 25.1 Å². The predicted molar refractivity (Wildman–Crippen MR) is 73.9 cm³/mol. The molecule has 1 N–H and O–H groups in total. The van der Waals surface area contributed by atoms with Gasteiger partial charge in [0.2, 0.25) is 0 Å². The van der Waals surface area contributed by atoms with E-state index in [-0.39, 0.29) is 0 Å². The van der Waals surface area contributed by atoms with Gasteiger partial charge in [-0.05, 0) is 51.3 Å². The van der Waals surface area contributed by atoms with E-state index < -0.39 is 0 Å². The molecule has 0 saturated carbocycles. The van der Waals surface area contributed by atoms with Crippen LogP contribution in [0.3, 0.4) is 0 Å². The molecule has 2 unspecified atom stereocenters. The zero-order valence-electron chi connectivity index (χ0n) is 10.9. The third kappa shape index (κ3) is 3.94. The molecule has 0 amide bonds. The minimum absolute atomic E-state index is 0.309. The van der Waals surface area contributed by atoms with Crippen molar-refractivity contribution in [1.29, 1.82) is 0 Å². The molecule has 1 fully saturated rings. The predicted octanol–water partition coefficient (Wildman–Crippen LogP) is 3.34. The zero-order valence-corrected chi connectivity index (χ0v) is 11.6. The lowest BCUT2D eigenvalue weighted by atomic mass is 10.0. The lowest BCUT2D eigenvalue weighted by Gasteiger charge is -2.16. The van der Waals surface area contributed by atoms with Gasteiger partial charge in [-0.1, -0.05) is 11.6 Å². The van der Waals surface area contributed by atoms with E-state index in [4.69, 9.17) is 16.3 Å². The smallest absolute Gasteiger partial charge is 0.0589 e. The molecule has 0 radical (unpaired) electrons. The van der Waals surface area contributed by atoms with Crippen LogP contribution in [0.5, 0.6) is 0 Å². The molecule has 1 aromatic heterocycles. The Hall–Kier alpha value is -0.640. The third-order valence-corrected chi connectivity index (χ3v) is 3.72. The number of hydrogen-bond donors (Lipinski definition) is 1. The van der Waals surface area contributed by atoms with E-state index >= 15 is 0 Å². The van der Waals surface area contributed by atoms with Gasteiger partial charge in [-0.3, -0.25) is 4.98 Å². The summed E-state index contributed by atoms with van der Waals surface area (Å²) in [4.78, 5) is 4.37. The minimum Gasteiger partial charge on any atom is -0.378 e. The average molecular weight is 269 g/mol. The monoisotopic (exact) mass is 268 g/mol. The fourth-order valence-corrected chi connectivity index (χ4v) is 2.57. The normalized spacial score (nSPS) is 21.1. The maximum absolute atomic E-state index is 5.85. The van der Waals surface area contributed by atoms with Gasteiger partial charge < -0.3 is 10.1 Å². The number of ether oxygens (including phenoxy) is 1. The van der Waals surface area contributed by atoms with Crippen molar-refractivity contribution < 1.29 is 4.74 Å². The maximum atomic E-state index is 5.85. The fraction of sp³-hybridized carbons (Fsp3) is 0.643. The second kappa shape index (κ2) is 7.07. The van der Waals surface area contributed by atoms with Crippen LogP contribution in [0.15, 0.2) is 18.3 Å². The first-order valence-electron chi connectivity index (χ1n) is 6.70. The first-order valence-corrected chi connectivity index (χ1v) is 7.07. The second-order valence-electron chi connectivity index (χ2n) is 4.81. The Morgan fingerprint density at radius 1 is 1.56 bits per heavy atom. The van der Waals surface area contributed by atoms with Crippen molar-refractivity contribution >= 4 is 11.6 Å². The van der Waals surface area contributed by atoms with Gasteiger partial charge in [-0.15, -0.1) is 0 Å². The van der Waals surface area contributed by atoms with Gasteiger partial charge in [-0.25, -0.2) is 0 Å². The van der Waals surface area contributed by atoms with E-state index in [1.807, 2.05) is 19.2 Å². The largest absolute Gasteiger partial charge is 0.378 e. The van der Waals surface area contributed by atoms with Crippen LogP contribution in [0.2, 0.25) is 5.02 Å². The van der Waals surface area contributed by atoms with E-state index in [1.54, 1.807) is 6.20 Å². The summed E-state index contributed by atoms with van der Waals surface area (Å²) >= 11 is 5.85. The lowest BCUT2D eigenvalue weighted by molar-refractivity contribution is 0.101. The summed E-state index contributed by atoms with van der Waals surface area (Å²) < 4.78 is 5.64. The average Bonchev–Trinajstić information content (AvgIpc) is 2.89. The summed E-state index contributed by atoms with van der Waals surface area (Å²) in [6.07, 6.45) is 8.06. The van der Waals surface area contributed by atoms with Crippen LogP contribution in [0.25, 0.3) is 0 Å². The summed E-state index contributed by atoms with van der Waals surface area (Å²) in [5.41, 5.74) is 1.06. The Labute approximate surface area is 114 Å². The van der Waals surface area contributed by atoms with Crippen LogP contribution in [0, 0.1) is 0 Å². The van der Waals surface area contributed by atoms with Crippen LogP contribution in [-0.2, 0) is 4.74 Å². The summed E-state index contributed by atoms with van der Waals surface area (Å²) in [6, 6.07) is 4.20. The van der Waals surface area contributed by atoms with E-state index in [2.05, 4.69) is 10.3 Å². The Bertz CT molecular complexity index is 349. The van der Waals surface area contributed by atoms with Gasteiger partial charge in [0.1, 0.15) is 0 Å². The molecule has 0 aromatic carbocycles. The Kier molecular flexibility index (Phi) is 5.42. The molecule has 2 heterocycles. The van der Waals surface area contributed by atoms with Crippen molar-refractivity contribution in [1.82, 2.24) is 10.3 Å². The highest BCUT2D eigenvalue weighted by molar-refractivity contribution is 6.30. The van der Waals surface area contributed by atoms with E-state index in [9.17, 15) is 0 Å². The van der Waals surface area contributed by atoms with Gasteiger partial charge in [0, 0.05) is 18.8 Å². The Balaban J connectivity index is 1.79. The molecule has 100 valence electrons. The highest BCUT2D eigenvalue weighted by atomic mass is 35.5. The highest BCUT2D eigenvalue weighted by Crippen LogP contribution is 2.22. The standard InChI is InChI=1S/C14H21ClN2O/c1-16-13(14-8-7-11(15)10-17-14)6-2-4-12-5-3-9-18-12/h7-8,10,12-13,16H,2-6,9H2,1H3. The topological polar surface area (TPSA) is 34.1 Å². The maximum Gasteiger partial charge on any atom is 0.0589 e. The first kappa shape index (κ1) is 13.8. The number of hydrogen-bond acceptors (Lipinski definition) is 3. The number of nitrogens with one attached hydrogen (secondary N) is 1. The molecule has 0 bridgehead atoms. The number of halogens is 1. The molecule has 3 nitrogen and oxygen atoms in total. The molecule has 1 aliphatic rings. The van der Waals surface area contributed by atoms with Gasteiger partial charge >= 0.3 is 0 Å². The zero-order chi connectivity index (χ0) is 12.8. The SMILES string of the molecule is CNC(CCCC1CCCO1)c1ccc(Cl)cn1. The van der Waals surface area contributed by atoms with Gasteiger partial charge in [-0.2, -0.15) is 0 Å². The van der Waals surface area contributed by atoms with Crippen LogP contribution in [0.4, 0.5) is 0 Å². The third-order valence-electron chi connectivity index (χ3n) is 3.50. The van der Waals surface area contributed by atoms with Crippen molar-refractivity contribution in [2.24, 2.45) is 0 Å². The van der Waals surface area contributed by atoms with Crippen molar-refractivity contribution in [3.63, 3.8) is 0 Å². The van der Waals surface area contributed by atoms with E-state index in [0.29, 0.717) is 17.2 Å². The van der Waals surface area contributed by atoms with Crippen molar-refractivity contribution in [3.05, 3.63) is 29.0 Å². The molecular formula is C14H21ClN2O. The number of pyridine rings is 1. The summed E-state index contributed by atoms with van der Waals surface area (Å²) in [7, 11) is 1.98. The molecule has 1 saturated heterocycles. The van der Waals surface area contributed by atoms with Crippen LogP contribution in [-0.4, -0.2) is 24.7 Å². The Morgan fingerprint density at radius 2 is 2.44 bits per heavy atom. The summed E-state index contributed by atoms with van der Waals surface area (Å²) in [6.45, 7) is 0.943. The number of rotatable bonds is 6. The van der Waals surface area contributed by atoms with Crippen LogP contribution >= 0.6 is 11.6 Å². The van der Waals surface area contributed by atoms with Crippen molar-refractivity contribution in [2.75, 3.05) is 13.7 Å². The van der Waals surface area contributed by atoms with Crippen LogP contribution in [0.1, 0.15) is 43.8 Å². The molecule has 0 spiro atoms. The minimum atomic E-state index is 0.309. The molecular weight excluding hydrogens is 248 g/mol. The van der Waals surface area contributed by atoms with Gasteiger partial charge in [0.25, 0.3) is 0 Å². The molecule has 1 aromatic rings. The van der Waals surface area contributed by atoms with E-state index in [1.165, 1.54) is 19.3 Å². The van der Waals surface area contributed by atoms with Crippen molar-refractivity contribution in [3.8, 4) is 0 Å². The van der Waals surface area contributed by atoms with Crippen molar-refractivity contribution in [2.45, 2.75) is 44.2 Å². The first-order chi connectivity index (χ1) is 8.79. The fourth-order valence-electron chi connectivity index (χ4n) is 2.46. The molecule has 2 rings (SSSR count). The Morgan fingerprint density at radius 3 is 3.06 bits per heavy atom. The quantitative estimate of drug-likeness (QED) is 0.859. The lowest BCUT2D eigenvalue weighted by Crippen LogP contribution is -2.18. The molecule has 2 atom stereocenters. The van der Waals surface area contributed by atoms with Crippen LogP contribution < -0.4 is 5.32 Å². The summed E-state index contributed by atoms with van der Waals surface area (Å²) in [5.74, 6) is 0. The highest BCUT2D eigenvalue weighted by Gasteiger charge is 2.16. The van der Waals surface area contributed by atoms with Gasteiger partial charge in [0.15, 0.2) is 0 Å². The summed E-state index contributed by atoms with van der Waals surface area (Å²) in [5, 5.41) is 4.00. The second-order valence-corrected chi connectivity index (χ2v) is 5.24. The molecule has 4 heteroatoms.